The van der Waals surface area contributed by atoms with Crippen molar-refractivity contribution in [1.29, 1.82) is 0 Å². The lowest BCUT2D eigenvalue weighted by Gasteiger charge is -2.30. The molecule has 1 atom stereocenters. The average Bonchev–Trinajstić information content (AvgIpc) is 2.86. The van der Waals surface area contributed by atoms with Gasteiger partial charge in [-0.1, -0.05) is 24.3 Å². The Morgan fingerprint density at radius 3 is 2.80 bits per heavy atom. The Kier molecular flexibility index (Phi) is 6.08. The van der Waals surface area contributed by atoms with Crippen LogP contribution in [0.5, 0.6) is 0 Å². The van der Waals surface area contributed by atoms with Crippen LogP contribution < -0.4 is 5.32 Å². The summed E-state index contributed by atoms with van der Waals surface area (Å²) in [5.41, 5.74) is 2.56. The number of amides is 2. The fourth-order valence-electron chi connectivity index (χ4n) is 4.04. The maximum atomic E-state index is 13.1. The molecule has 1 N–H and O–H groups in total. The van der Waals surface area contributed by atoms with Crippen molar-refractivity contribution >= 4 is 11.8 Å². The Morgan fingerprint density at radius 1 is 1.12 bits per heavy atom. The van der Waals surface area contributed by atoms with Crippen molar-refractivity contribution in [2.75, 3.05) is 39.3 Å². The Morgan fingerprint density at radius 2 is 1.96 bits per heavy atom. The lowest BCUT2D eigenvalue weighted by atomic mass is 9.82. The molecular weight excluding hydrogens is 314 g/mol. The van der Waals surface area contributed by atoms with Gasteiger partial charge in [0.05, 0.1) is 12.5 Å². The summed E-state index contributed by atoms with van der Waals surface area (Å²) in [5.74, 6) is 0.357. The van der Waals surface area contributed by atoms with Gasteiger partial charge < -0.3 is 10.2 Å². The molecule has 1 aromatic rings. The normalized spacial score (nSPS) is 21.3. The van der Waals surface area contributed by atoms with E-state index >= 15 is 0 Å². The summed E-state index contributed by atoms with van der Waals surface area (Å²) in [5, 5.41) is 2.85. The first-order chi connectivity index (χ1) is 12.2. The molecule has 0 spiro atoms. The summed E-state index contributed by atoms with van der Waals surface area (Å²) in [7, 11) is 0. The van der Waals surface area contributed by atoms with Crippen LogP contribution in [0.2, 0.25) is 0 Å². The molecule has 0 radical (unpaired) electrons. The molecule has 25 heavy (non-hydrogen) atoms. The Hall–Kier alpha value is -1.88. The molecule has 136 valence electrons. The largest absolute Gasteiger partial charge is 0.355 e. The van der Waals surface area contributed by atoms with E-state index in [0.717, 1.165) is 51.9 Å². The van der Waals surface area contributed by atoms with Crippen LogP contribution in [0.1, 0.15) is 43.2 Å². The number of likely N-dealkylation sites (N-methyl/N-ethyl adjacent to an activating group) is 1. The number of carbonyl (C=O) groups excluding carboxylic acids is 2. The third-order valence-corrected chi connectivity index (χ3v) is 5.31. The predicted octanol–water partition coefficient (Wildman–Crippen LogP) is 1.78. The van der Waals surface area contributed by atoms with Crippen LogP contribution >= 0.6 is 0 Å². The highest BCUT2D eigenvalue weighted by Crippen LogP contribution is 2.33. The van der Waals surface area contributed by atoms with Crippen LogP contribution in [0.25, 0.3) is 0 Å². The second kappa shape index (κ2) is 8.48. The number of aryl methyl sites for hydroxylation is 1. The number of fused-ring (bicyclic) bond motifs is 1. The van der Waals surface area contributed by atoms with E-state index in [1.165, 1.54) is 11.1 Å². The number of nitrogens with one attached hydrogen (secondary N) is 1. The van der Waals surface area contributed by atoms with Gasteiger partial charge in [0.2, 0.25) is 11.8 Å². The summed E-state index contributed by atoms with van der Waals surface area (Å²) < 4.78 is 0. The fourth-order valence-corrected chi connectivity index (χ4v) is 4.04. The first-order valence-electron chi connectivity index (χ1n) is 9.54. The minimum atomic E-state index is 0.0138. The molecule has 5 heteroatoms. The minimum absolute atomic E-state index is 0.0138. The molecule has 1 heterocycles. The van der Waals surface area contributed by atoms with Crippen LogP contribution in [0.15, 0.2) is 24.3 Å². The highest BCUT2D eigenvalue weighted by Gasteiger charge is 2.30. The lowest BCUT2D eigenvalue weighted by Crippen LogP contribution is -2.41. The predicted molar refractivity (Wildman–Crippen MR) is 98.4 cm³/mol. The van der Waals surface area contributed by atoms with E-state index < -0.39 is 0 Å². The van der Waals surface area contributed by atoms with Gasteiger partial charge in [-0.3, -0.25) is 14.5 Å². The Bertz CT molecular complexity index is 617. The summed E-state index contributed by atoms with van der Waals surface area (Å²) in [6, 6.07) is 8.39. The molecule has 1 aliphatic heterocycles. The summed E-state index contributed by atoms with van der Waals surface area (Å²) in [4.78, 5) is 29.1. The van der Waals surface area contributed by atoms with Crippen LogP contribution in [0, 0.1) is 0 Å². The number of nitrogens with zero attached hydrogens (tertiary/aromatic N) is 2. The highest BCUT2D eigenvalue weighted by atomic mass is 16.2. The van der Waals surface area contributed by atoms with Gasteiger partial charge >= 0.3 is 0 Å². The van der Waals surface area contributed by atoms with Crippen LogP contribution in [0.4, 0.5) is 0 Å². The van der Waals surface area contributed by atoms with Gasteiger partial charge in [-0.25, -0.2) is 0 Å². The molecule has 1 aliphatic carbocycles. The molecule has 3 rings (SSSR count). The third-order valence-electron chi connectivity index (χ3n) is 5.31. The fraction of sp³-hybridized carbons (Fsp3) is 0.600. The van der Waals surface area contributed by atoms with E-state index in [2.05, 4.69) is 28.4 Å². The third kappa shape index (κ3) is 4.40. The van der Waals surface area contributed by atoms with E-state index in [0.29, 0.717) is 13.1 Å². The smallest absolute Gasteiger partial charge is 0.234 e. The molecule has 1 unspecified atom stereocenters. The quantitative estimate of drug-likeness (QED) is 0.907. The topological polar surface area (TPSA) is 52.7 Å². The molecule has 0 saturated carbocycles. The van der Waals surface area contributed by atoms with Crippen molar-refractivity contribution in [3.05, 3.63) is 35.4 Å². The van der Waals surface area contributed by atoms with E-state index in [-0.39, 0.29) is 17.7 Å². The number of benzene rings is 1. The average molecular weight is 343 g/mol. The van der Waals surface area contributed by atoms with Gasteiger partial charge in [-0.05, 0) is 43.7 Å². The number of hydrogen-bond donors (Lipinski definition) is 1. The monoisotopic (exact) mass is 343 g/mol. The van der Waals surface area contributed by atoms with Gasteiger partial charge in [0.1, 0.15) is 0 Å². The summed E-state index contributed by atoms with van der Waals surface area (Å²) >= 11 is 0. The standard InChI is InChI=1S/C20H29N3O2/c1-2-21-19(24)15-22-11-6-12-23(14-13-22)20(25)18-10-5-8-16-7-3-4-9-17(16)18/h3-4,7,9,18H,2,5-6,8,10-15H2,1H3,(H,21,24). The summed E-state index contributed by atoms with van der Waals surface area (Å²) in [6.45, 7) is 6.20. The van der Waals surface area contributed by atoms with Gasteiger partial charge in [-0.2, -0.15) is 0 Å². The van der Waals surface area contributed by atoms with Crippen molar-refractivity contribution < 1.29 is 9.59 Å². The molecule has 2 amide bonds. The molecule has 2 aliphatic rings. The zero-order chi connectivity index (χ0) is 17.6. The van der Waals surface area contributed by atoms with Crippen molar-refractivity contribution in [3.63, 3.8) is 0 Å². The van der Waals surface area contributed by atoms with Crippen LogP contribution in [-0.2, 0) is 16.0 Å². The lowest BCUT2D eigenvalue weighted by molar-refractivity contribution is -0.133. The molecule has 0 bridgehead atoms. The SMILES string of the molecule is CCNC(=O)CN1CCCN(C(=O)C2CCCc3ccccc32)CC1. The molecule has 1 saturated heterocycles. The van der Waals surface area contributed by atoms with E-state index in [1.807, 2.05) is 17.9 Å². The number of rotatable bonds is 4. The van der Waals surface area contributed by atoms with Crippen LogP contribution in [-0.4, -0.2) is 60.9 Å². The molecule has 5 nitrogen and oxygen atoms in total. The maximum Gasteiger partial charge on any atom is 0.234 e. The van der Waals surface area contributed by atoms with Gasteiger partial charge in [0.25, 0.3) is 0 Å². The van der Waals surface area contributed by atoms with Gasteiger partial charge in [-0.15, -0.1) is 0 Å². The van der Waals surface area contributed by atoms with E-state index in [4.69, 9.17) is 0 Å². The van der Waals surface area contributed by atoms with Crippen molar-refractivity contribution in [3.8, 4) is 0 Å². The molecular formula is C20H29N3O2. The first kappa shape index (κ1) is 17.9. The molecule has 1 aromatic carbocycles. The molecule has 0 aromatic heterocycles. The van der Waals surface area contributed by atoms with Crippen LogP contribution in [0.3, 0.4) is 0 Å². The van der Waals surface area contributed by atoms with Crippen molar-refractivity contribution in [2.45, 2.75) is 38.5 Å². The molecule has 1 fully saturated rings. The zero-order valence-electron chi connectivity index (χ0n) is 15.2. The highest BCUT2D eigenvalue weighted by molar-refractivity contribution is 5.84. The minimum Gasteiger partial charge on any atom is -0.355 e. The number of hydrogen-bond acceptors (Lipinski definition) is 3. The number of carbonyl (C=O) groups is 2. The maximum absolute atomic E-state index is 13.1. The Labute approximate surface area is 150 Å². The van der Waals surface area contributed by atoms with E-state index in [9.17, 15) is 9.59 Å². The Balaban J connectivity index is 1.61. The summed E-state index contributed by atoms with van der Waals surface area (Å²) in [6.07, 6.45) is 4.05. The second-order valence-corrected chi connectivity index (χ2v) is 7.05. The van der Waals surface area contributed by atoms with E-state index in [1.54, 1.807) is 0 Å². The van der Waals surface area contributed by atoms with Gasteiger partial charge in [0.15, 0.2) is 0 Å². The van der Waals surface area contributed by atoms with Crippen molar-refractivity contribution in [1.82, 2.24) is 15.1 Å². The van der Waals surface area contributed by atoms with Gasteiger partial charge in [0, 0.05) is 32.7 Å². The van der Waals surface area contributed by atoms with Crippen molar-refractivity contribution in [2.24, 2.45) is 0 Å². The second-order valence-electron chi connectivity index (χ2n) is 7.05. The zero-order valence-corrected chi connectivity index (χ0v) is 15.2. The first-order valence-corrected chi connectivity index (χ1v) is 9.54.